The summed E-state index contributed by atoms with van der Waals surface area (Å²) in [4.78, 5) is 13.7. The van der Waals surface area contributed by atoms with Crippen molar-refractivity contribution in [1.82, 2.24) is 10.2 Å². The Morgan fingerprint density at radius 1 is 1.64 bits per heavy atom. The molecular weight excluding hydrogens is 176 g/mol. The second-order valence-corrected chi connectivity index (χ2v) is 3.74. The summed E-state index contributed by atoms with van der Waals surface area (Å²) < 4.78 is 0. The Kier molecular flexibility index (Phi) is 4.66. The van der Waals surface area contributed by atoms with E-state index in [-0.39, 0.29) is 5.91 Å². The molecule has 3 heteroatoms. The first-order valence-electron chi connectivity index (χ1n) is 5.41. The third-order valence-electron chi connectivity index (χ3n) is 2.62. The smallest absolute Gasteiger partial charge is 0.243 e. The molecule has 80 valence electrons. The summed E-state index contributed by atoms with van der Waals surface area (Å²) in [5.74, 6) is 0.0375. The van der Waals surface area contributed by atoms with Crippen molar-refractivity contribution in [2.45, 2.75) is 32.7 Å². The normalized spacial score (nSPS) is 24.0. The predicted octanol–water partition coefficient (Wildman–Crippen LogP) is 1.16. The van der Waals surface area contributed by atoms with Crippen LogP contribution in [-0.4, -0.2) is 36.5 Å². The molecule has 0 bridgehead atoms. The van der Waals surface area contributed by atoms with Gasteiger partial charge in [0, 0.05) is 12.6 Å². The van der Waals surface area contributed by atoms with Gasteiger partial charge in [0.1, 0.15) is 0 Å². The Labute approximate surface area is 86.2 Å². The maximum Gasteiger partial charge on any atom is 0.243 e. The van der Waals surface area contributed by atoms with Crippen molar-refractivity contribution in [2.75, 3.05) is 19.6 Å². The number of nitrogens with one attached hydrogen (secondary N) is 1. The van der Waals surface area contributed by atoms with E-state index in [2.05, 4.69) is 17.1 Å². The van der Waals surface area contributed by atoms with Crippen LogP contribution < -0.4 is 5.32 Å². The monoisotopic (exact) mass is 196 g/mol. The number of piperidine rings is 1. The molecule has 1 saturated heterocycles. The number of amides is 1. The van der Waals surface area contributed by atoms with Crippen LogP contribution in [0.25, 0.3) is 0 Å². The molecule has 0 aliphatic carbocycles. The van der Waals surface area contributed by atoms with Gasteiger partial charge in [-0.3, -0.25) is 4.79 Å². The van der Waals surface area contributed by atoms with Crippen molar-refractivity contribution in [2.24, 2.45) is 0 Å². The molecule has 1 aliphatic rings. The molecule has 1 amide bonds. The van der Waals surface area contributed by atoms with Gasteiger partial charge in [0.05, 0.1) is 0 Å². The SMILES string of the molecule is C/C=C/C(=O)NC1CCCN(CC)C1. The Balaban J connectivity index is 2.33. The van der Waals surface area contributed by atoms with Gasteiger partial charge in [-0.2, -0.15) is 0 Å². The van der Waals surface area contributed by atoms with E-state index in [0.29, 0.717) is 6.04 Å². The highest BCUT2D eigenvalue weighted by Crippen LogP contribution is 2.09. The standard InChI is InChI=1S/C11H20N2O/c1-3-6-11(14)12-10-7-5-8-13(4-2)9-10/h3,6,10H,4-5,7-9H2,1-2H3,(H,12,14)/b6-3+. The number of carbonyl (C=O) groups is 1. The minimum absolute atomic E-state index is 0.0375. The second-order valence-electron chi connectivity index (χ2n) is 3.74. The zero-order valence-corrected chi connectivity index (χ0v) is 9.12. The fourth-order valence-corrected chi connectivity index (χ4v) is 1.86. The van der Waals surface area contributed by atoms with Gasteiger partial charge in [-0.25, -0.2) is 0 Å². The lowest BCUT2D eigenvalue weighted by Gasteiger charge is -2.31. The van der Waals surface area contributed by atoms with Crippen LogP contribution in [-0.2, 0) is 4.79 Å². The van der Waals surface area contributed by atoms with E-state index < -0.39 is 0 Å². The van der Waals surface area contributed by atoms with Gasteiger partial charge < -0.3 is 10.2 Å². The Morgan fingerprint density at radius 3 is 3.07 bits per heavy atom. The topological polar surface area (TPSA) is 32.3 Å². The maximum atomic E-state index is 11.3. The minimum Gasteiger partial charge on any atom is -0.349 e. The zero-order valence-electron chi connectivity index (χ0n) is 9.12. The lowest BCUT2D eigenvalue weighted by Crippen LogP contribution is -2.47. The number of likely N-dealkylation sites (N-methyl/N-ethyl adjacent to an activating group) is 1. The quantitative estimate of drug-likeness (QED) is 0.687. The average molecular weight is 196 g/mol. The highest BCUT2D eigenvalue weighted by Gasteiger charge is 2.18. The molecule has 1 aliphatic heterocycles. The molecular formula is C11H20N2O. The number of hydrogen-bond donors (Lipinski definition) is 1. The molecule has 0 spiro atoms. The molecule has 0 aromatic rings. The number of allylic oxidation sites excluding steroid dienone is 1. The summed E-state index contributed by atoms with van der Waals surface area (Å²) in [6, 6.07) is 0.340. The van der Waals surface area contributed by atoms with Crippen molar-refractivity contribution >= 4 is 5.91 Å². The van der Waals surface area contributed by atoms with Crippen molar-refractivity contribution in [3.05, 3.63) is 12.2 Å². The summed E-state index contributed by atoms with van der Waals surface area (Å²) >= 11 is 0. The molecule has 0 aromatic carbocycles. The number of nitrogens with zero attached hydrogens (tertiary/aromatic N) is 1. The van der Waals surface area contributed by atoms with Crippen molar-refractivity contribution < 1.29 is 4.79 Å². The van der Waals surface area contributed by atoms with Crippen LogP contribution in [0.2, 0.25) is 0 Å². The summed E-state index contributed by atoms with van der Waals surface area (Å²) in [5, 5.41) is 3.02. The van der Waals surface area contributed by atoms with Gasteiger partial charge in [0.25, 0.3) is 0 Å². The van der Waals surface area contributed by atoms with E-state index in [1.807, 2.05) is 6.92 Å². The molecule has 1 N–H and O–H groups in total. The molecule has 0 radical (unpaired) electrons. The van der Waals surface area contributed by atoms with Gasteiger partial charge in [0.15, 0.2) is 0 Å². The van der Waals surface area contributed by atoms with E-state index in [1.54, 1.807) is 12.2 Å². The zero-order chi connectivity index (χ0) is 10.4. The van der Waals surface area contributed by atoms with Crippen LogP contribution in [0.1, 0.15) is 26.7 Å². The van der Waals surface area contributed by atoms with E-state index in [0.717, 1.165) is 19.5 Å². The molecule has 1 unspecified atom stereocenters. The largest absolute Gasteiger partial charge is 0.349 e. The van der Waals surface area contributed by atoms with Crippen molar-refractivity contribution in [1.29, 1.82) is 0 Å². The third kappa shape index (κ3) is 3.50. The van der Waals surface area contributed by atoms with Gasteiger partial charge in [-0.15, -0.1) is 0 Å². The van der Waals surface area contributed by atoms with Crippen molar-refractivity contribution in [3.63, 3.8) is 0 Å². The molecule has 1 heterocycles. The van der Waals surface area contributed by atoms with Gasteiger partial charge in [-0.1, -0.05) is 13.0 Å². The first kappa shape index (κ1) is 11.2. The van der Waals surface area contributed by atoms with E-state index >= 15 is 0 Å². The molecule has 1 fully saturated rings. The molecule has 0 aromatic heterocycles. The second kappa shape index (κ2) is 5.81. The lowest BCUT2D eigenvalue weighted by molar-refractivity contribution is -0.117. The third-order valence-corrected chi connectivity index (χ3v) is 2.62. The van der Waals surface area contributed by atoms with Crippen LogP contribution in [0.3, 0.4) is 0 Å². The van der Waals surface area contributed by atoms with Gasteiger partial charge in [-0.05, 0) is 38.9 Å². The summed E-state index contributed by atoms with van der Waals surface area (Å²) in [7, 11) is 0. The molecule has 1 atom stereocenters. The maximum absolute atomic E-state index is 11.3. The lowest BCUT2D eigenvalue weighted by atomic mass is 10.1. The van der Waals surface area contributed by atoms with Crippen LogP contribution in [0, 0.1) is 0 Å². The highest BCUT2D eigenvalue weighted by molar-refractivity contribution is 5.87. The Bertz CT molecular complexity index is 213. The average Bonchev–Trinajstić information content (AvgIpc) is 2.18. The van der Waals surface area contributed by atoms with Crippen LogP contribution in [0.4, 0.5) is 0 Å². The minimum atomic E-state index is 0.0375. The first-order valence-corrected chi connectivity index (χ1v) is 5.41. The van der Waals surface area contributed by atoms with Crippen molar-refractivity contribution in [3.8, 4) is 0 Å². The predicted molar refractivity (Wildman–Crippen MR) is 58.1 cm³/mol. The van der Waals surface area contributed by atoms with Crippen LogP contribution >= 0.6 is 0 Å². The van der Waals surface area contributed by atoms with E-state index in [1.165, 1.54) is 13.0 Å². The number of carbonyl (C=O) groups excluding carboxylic acids is 1. The fraction of sp³-hybridized carbons (Fsp3) is 0.727. The molecule has 1 rings (SSSR count). The Morgan fingerprint density at radius 2 is 2.43 bits per heavy atom. The number of rotatable bonds is 3. The summed E-state index contributed by atoms with van der Waals surface area (Å²) in [6.07, 6.45) is 5.66. The van der Waals surface area contributed by atoms with Gasteiger partial charge in [0.2, 0.25) is 5.91 Å². The number of hydrogen-bond acceptors (Lipinski definition) is 2. The van der Waals surface area contributed by atoms with E-state index in [4.69, 9.17) is 0 Å². The summed E-state index contributed by atoms with van der Waals surface area (Å²) in [6.45, 7) is 7.28. The Hall–Kier alpha value is -0.830. The van der Waals surface area contributed by atoms with Crippen LogP contribution in [0.15, 0.2) is 12.2 Å². The molecule has 14 heavy (non-hydrogen) atoms. The summed E-state index contributed by atoms with van der Waals surface area (Å²) in [5.41, 5.74) is 0. The molecule has 3 nitrogen and oxygen atoms in total. The van der Waals surface area contributed by atoms with Crippen LogP contribution in [0.5, 0.6) is 0 Å². The fourth-order valence-electron chi connectivity index (χ4n) is 1.86. The van der Waals surface area contributed by atoms with E-state index in [9.17, 15) is 4.79 Å². The first-order chi connectivity index (χ1) is 6.76. The molecule has 0 saturated carbocycles. The highest BCUT2D eigenvalue weighted by atomic mass is 16.1. The number of likely N-dealkylation sites (tertiary alicyclic amines) is 1. The van der Waals surface area contributed by atoms with Gasteiger partial charge >= 0.3 is 0 Å².